The molecule has 11 heteroatoms. The van der Waals surface area contributed by atoms with Gasteiger partial charge in [0.05, 0.1) is 40.5 Å². The minimum atomic E-state index is 0.0616. The molecule has 1 aliphatic carbocycles. The number of hydrogen-bond donors (Lipinski definition) is 3. The van der Waals surface area contributed by atoms with Crippen molar-refractivity contribution in [1.29, 1.82) is 0 Å². The molecule has 6 heterocycles. The predicted molar refractivity (Wildman–Crippen MR) is 142 cm³/mol. The lowest BCUT2D eigenvalue weighted by Gasteiger charge is -2.11. The maximum atomic E-state index is 12.6. The summed E-state index contributed by atoms with van der Waals surface area (Å²) in [4.78, 5) is 38.6. The number of nitrogens with one attached hydrogen (secondary N) is 3. The van der Waals surface area contributed by atoms with Crippen LogP contribution in [0.15, 0.2) is 55.5 Å². The van der Waals surface area contributed by atoms with Crippen LogP contribution in [0.25, 0.3) is 50.5 Å². The third kappa shape index (κ3) is 3.88. The maximum Gasteiger partial charge on any atom is 0.227 e. The highest BCUT2D eigenvalue weighted by Gasteiger charge is 2.23. The lowest BCUT2D eigenvalue weighted by molar-refractivity contribution is -0.119. The van der Waals surface area contributed by atoms with E-state index in [1.54, 1.807) is 31.1 Å². The summed E-state index contributed by atoms with van der Waals surface area (Å²) in [6.45, 7) is 1.93. The van der Waals surface area contributed by atoms with E-state index in [4.69, 9.17) is 4.98 Å². The molecule has 0 atom stereocenters. The van der Waals surface area contributed by atoms with Crippen molar-refractivity contribution >= 4 is 33.5 Å². The first-order valence-corrected chi connectivity index (χ1v) is 12.6. The van der Waals surface area contributed by atoms with Crippen molar-refractivity contribution in [1.82, 2.24) is 44.7 Å². The molecule has 1 saturated carbocycles. The van der Waals surface area contributed by atoms with E-state index in [-0.39, 0.29) is 11.8 Å². The molecule has 1 aliphatic rings. The predicted octanol–water partition coefficient (Wildman–Crippen LogP) is 4.58. The third-order valence-electron chi connectivity index (χ3n) is 7.04. The summed E-state index contributed by atoms with van der Waals surface area (Å²) < 4.78 is 1.86. The molecule has 6 aromatic heterocycles. The Labute approximate surface area is 216 Å². The second kappa shape index (κ2) is 8.87. The minimum absolute atomic E-state index is 0.0616. The number of amides is 1. The molecule has 38 heavy (non-hydrogen) atoms. The van der Waals surface area contributed by atoms with Crippen LogP contribution < -0.4 is 5.32 Å². The van der Waals surface area contributed by atoms with Gasteiger partial charge in [-0.1, -0.05) is 12.8 Å². The van der Waals surface area contributed by atoms with Gasteiger partial charge in [0.2, 0.25) is 5.91 Å². The summed E-state index contributed by atoms with van der Waals surface area (Å²) in [5, 5.41) is 11.5. The fraction of sp³-hybridized carbons (Fsp3) is 0.222. The summed E-state index contributed by atoms with van der Waals surface area (Å²) in [7, 11) is 0. The average molecular weight is 505 g/mol. The first-order valence-electron chi connectivity index (χ1n) is 12.6. The highest BCUT2D eigenvalue weighted by Crippen LogP contribution is 2.31. The Balaban J connectivity index is 1.24. The number of aromatic amines is 2. The van der Waals surface area contributed by atoms with Crippen molar-refractivity contribution in [2.45, 2.75) is 32.6 Å². The number of nitrogens with zero attached hydrogens (tertiary/aromatic N) is 7. The number of anilines is 1. The van der Waals surface area contributed by atoms with E-state index in [0.717, 1.165) is 64.6 Å². The van der Waals surface area contributed by atoms with Crippen molar-refractivity contribution in [3.05, 3.63) is 61.2 Å². The van der Waals surface area contributed by atoms with E-state index in [2.05, 4.69) is 40.4 Å². The van der Waals surface area contributed by atoms with E-state index in [9.17, 15) is 4.79 Å². The zero-order chi connectivity index (χ0) is 25.6. The number of aryl methyl sites for hydroxylation is 1. The van der Waals surface area contributed by atoms with Crippen LogP contribution in [0.2, 0.25) is 0 Å². The Morgan fingerprint density at radius 3 is 2.82 bits per heavy atom. The van der Waals surface area contributed by atoms with Gasteiger partial charge in [0.25, 0.3) is 0 Å². The Morgan fingerprint density at radius 1 is 1.08 bits per heavy atom. The molecule has 0 unspecified atom stereocenters. The summed E-state index contributed by atoms with van der Waals surface area (Å²) in [5.74, 6) is 1.45. The molecule has 11 nitrogen and oxygen atoms in total. The Kier molecular flexibility index (Phi) is 5.20. The number of hydrogen-bond acceptors (Lipinski definition) is 7. The van der Waals surface area contributed by atoms with E-state index >= 15 is 0 Å². The molecule has 7 rings (SSSR count). The first kappa shape index (κ1) is 22.3. The second-order valence-electron chi connectivity index (χ2n) is 9.66. The summed E-state index contributed by atoms with van der Waals surface area (Å²) in [6.07, 6.45) is 14.6. The van der Waals surface area contributed by atoms with Crippen molar-refractivity contribution in [2.24, 2.45) is 5.92 Å². The number of fused-ring (bicyclic) bond motifs is 2. The standard InChI is InChI=1S/C27H24N10O/c1-15-13-37(14-31-15)26-24-20(6-7-29-26)33-25(34-24)23-19-9-21(30-12-22(19)35-36-23)17-8-18(11-28-10-17)32-27(38)16-4-2-3-5-16/h6-14,16H,2-5H2,1H3,(H,32,38)(H,33,34)(H,35,36). The molecule has 0 aromatic carbocycles. The lowest BCUT2D eigenvalue weighted by atomic mass is 10.1. The second-order valence-corrected chi connectivity index (χ2v) is 9.66. The number of rotatable bonds is 5. The van der Waals surface area contributed by atoms with Crippen LogP contribution in [0, 0.1) is 12.8 Å². The number of carbonyl (C=O) groups excluding carboxylic acids is 1. The summed E-state index contributed by atoms with van der Waals surface area (Å²) in [5.41, 5.74) is 6.11. The largest absolute Gasteiger partial charge is 0.336 e. The van der Waals surface area contributed by atoms with Gasteiger partial charge in [-0.2, -0.15) is 5.10 Å². The number of carbonyl (C=O) groups is 1. The molecule has 188 valence electrons. The van der Waals surface area contributed by atoms with Gasteiger partial charge in [0.1, 0.15) is 17.5 Å². The van der Waals surface area contributed by atoms with Gasteiger partial charge >= 0.3 is 0 Å². The van der Waals surface area contributed by atoms with Crippen molar-refractivity contribution in [2.75, 3.05) is 5.32 Å². The monoisotopic (exact) mass is 504 g/mol. The van der Waals surface area contributed by atoms with E-state index < -0.39 is 0 Å². The topological polar surface area (TPSA) is 143 Å². The van der Waals surface area contributed by atoms with Crippen LogP contribution >= 0.6 is 0 Å². The van der Waals surface area contributed by atoms with Crippen molar-refractivity contribution in [3.8, 4) is 28.6 Å². The molecule has 0 bridgehead atoms. The molecule has 0 aliphatic heterocycles. The van der Waals surface area contributed by atoms with Crippen LogP contribution in [0.5, 0.6) is 0 Å². The molecule has 0 saturated heterocycles. The van der Waals surface area contributed by atoms with Crippen LogP contribution in [0.3, 0.4) is 0 Å². The van der Waals surface area contributed by atoms with Crippen LogP contribution in [0.1, 0.15) is 31.4 Å². The van der Waals surface area contributed by atoms with Gasteiger partial charge < -0.3 is 10.3 Å². The fourth-order valence-electron chi connectivity index (χ4n) is 5.10. The highest BCUT2D eigenvalue weighted by molar-refractivity contribution is 5.96. The van der Waals surface area contributed by atoms with Gasteiger partial charge in [0, 0.05) is 35.5 Å². The zero-order valence-electron chi connectivity index (χ0n) is 20.6. The molecular weight excluding hydrogens is 480 g/mol. The van der Waals surface area contributed by atoms with Crippen molar-refractivity contribution in [3.63, 3.8) is 0 Å². The van der Waals surface area contributed by atoms with Crippen molar-refractivity contribution < 1.29 is 4.79 Å². The van der Waals surface area contributed by atoms with E-state index in [1.165, 1.54) is 0 Å². The molecule has 6 aromatic rings. The van der Waals surface area contributed by atoms with Crippen LogP contribution in [-0.2, 0) is 4.79 Å². The van der Waals surface area contributed by atoms with Gasteiger partial charge in [-0.05, 0) is 38.0 Å². The third-order valence-corrected chi connectivity index (χ3v) is 7.04. The first-order chi connectivity index (χ1) is 18.6. The number of H-pyrrole nitrogens is 2. The normalized spacial score (nSPS) is 14.0. The molecular formula is C27H24N10O. The van der Waals surface area contributed by atoms with Crippen LogP contribution in [-0.4, -0.2) is 50.6 Å². The minimum Gasteiger partial charge on any atom is -0.336 e. The van der Waals surface area contributed by atoms with Crippen LogP contribution in [0.4, 0.5) is 5.69 Å². The Morgan fingerprint density at radius 2 is 1.97 bits per heavy atom. The van der Waals surface area contributed by atoms with Gasteiger partial charge in [0.15, 0.2) is 11.6 Å². The zero-order valence-corrected chi connectivity index (χ0v) is 20.6. The molecule has 0 spiro atoms. The quantitative estimate of drug-likeness (QED) is 0.312. The van der Waals surface area contributed by atoms with Gasteiger partial charge in [-0.3, -0.25) is 24.4 Å². The van der Waals surface area contributed by atoms with E-state index in [0.29, 0.717) is 23.0 Å². The average Bonchev–Trinajstić information content (AvgIpc) is 3.74. The highest BCUT2D eigenvalue weighted by atomic mass is 16.1. The summed E-state index contributed by atoms with van der Waals surface area (Å²) in [6, 6.07) is 5.75. The lowest BCUT2D eigenvalue weighted by Crippen LogP contribution is -2.20. The molecule has 3 N–H and O–H groups in total. The number of aromatic nitrogens is 9. The number of imidazole rings is 2. The Bertz CT molecular complexity index is 1810. The molecule has 1 amide bonds. The van der Waals surface area contributed by atoms with Gasteiger partial charge in [-0.15, -0.1) is 0 Å². The van der Waals surface area contributed by atoms with Gasteiger partial charge in [-0.25, -0.2) is 15.0 Å². The maximum absolute atomic E-state index is 12.6. The number of pyridine rings is 3. The fourth-order valence-corrected chi connectivity index (χ4v) is 5.10. The summed E-state index contributed by atoms with van der Waals surface area (Å²) >= 11 is 0. The Hall–Kier alpha value is -4.93. The van der Waals surface area contributed by atoms with E-state index in [1.807, 2.05) is 35.9 Å². The smallest absolute Gasteiger partial charge is 0.227 e. The molecule has 1 fully saturated rings. The molecule has 0 radical (unpaired) electrons. The SMILES string of the molecule is Cc1cn(-c2nccc3[nH]c(-c4n[nH]c5cnc(-c6cncc(NC(=O)C7CCCC7)c6)cc45)nc23)cn1.